The summed E-state index contributed by atoms with van der Waals surface area (Å²) in [5.41, 5.74) is 3.53. The van der Waals surface area contributed by atoms with E-state index in [2.05, 4.69) is 16.3 Å². The molecule has 0 bridgehead atoms. The van der Waals surface area contributed by atoms with Gasteiger partial charge >= 0.3 is 0 Å². The van der Waals surface area contributed by atoms with Crippen molar-refractivity contribution in [3.63, 3.8) is 0 Å². The van der Waals surface area contributed by atoms with E-state index in [0.29, 0.717) is 11.0 Å². The number of nitrogens with zero attached hydrogens (tertiary/aromatic N) is 6. The summed E-state index contributed by atoms with van der Waals surface area (Å²) < 4.78 is 1.92. The number of anilines is 1. The summed E-state index contributed by atoms with van der Waals surface area (Å²) in [6, 6.07) is 17.5. The molecule has 0 unspecified atom stereocenters. The number of benzene rings is 2. The first kappa shape index (κ1) is 15.4. The number of halogens is 1. The Morgan fingerprint density at radius 1 is 1.08 bits per heavy atom. The molecule has 1 aliphatic heterocycles. The highest BCUT2D eigenvalue weighted by Gasteiger charge is 2.25. The Balaban J connectivity index is 2.01. The van der Waals surface area contributed by atoms with Crippen LogP contribution in [0.2, 0.25) is 5.02 Å². The second-order valence-corrected chi connectivity index (χ2v) is 6.01. The standard InChI is InChI=1S/C18H13ClN6/c1-12-21-22-18-24(11-10-20)23-17(13-6-8-14(19)9-7-13)15-4-2-3-5-16(15)25(12)18/h2-9H,11H2,1H3. The molecular formula is C18H13ClN6. The molecule has 0 N–H and O–H groups in total. The van der Waals surface area contributed by atoms with Crippen LogP contribution >= 0.6 is 11.6 Å². The molecule has 0 amide bonds. The fraction of sp³-hybridized carbons (Fsp3) is 0.111. The van der Waals surface area contributed by atoms with Crippen molar-refractivity contribution in [3.05, 3.63) is 70.5 Å². The third-order valence-corrected chi connectivity index (χ3v) is 4.25. The molecule has 6 nitrogen and oxygen atoms in total. The maximum atomic E-state index is 9.22. The molecule has 3 aromatic rings. The molecule has 4 rings (SSSR count). The quantitative estimate of drug-likeness (QED) is 0.666. The van der Waals surface area contributed by atoms with Crippen LogP contribution in [-0.4, -0.2) is 27.0 Å². The summed E-state index contributed by atoms with van der Waals surface area (Å²) in [6.45, 7) is 1.95. The first-order valence-corrected chi connectivity index (χ1v) is 8.07. The zero-order valence-corrected chi connectivity index (χ0v) is 14.1. The fourth-order valence-corrected chi connectivity index (χ4v) is 3.01. The summed E-state index contributed by atoms with van der Waals surface area (Å²) in [4.78, 5) is 0. The van der Waals surface area contributed by atoms with E-state index < -0.39 is 0 Å². The van der Waals surface area contributed by atoms with Gasteiger partial charge in [0.15, 0.2) is 0 Å². The van der Waals surface area contributed by atoms with Crippen LogP contribution < -0.4 is 5.01 Å². The second kappa shape index (κ2) is 6.04. The molecule has 0 spiro atoms. The molecule has 0 radical (unpaired) electrons. The molecule has 1 aromatic heterocycles. The second-order valence-electron chi connectivity index (χ2n) is 5.57. The van der Waals surface area contributed by atoms with Crippen LogP contribution in [0.3, 0.4) is 0 Å². The van der Waals surface area contributed by atoms with Gasteiger partial charge < -0.3 is 0 Å². The molecule has 122 valence electrons. The molecule has 1 aliphatic rings. The minimum absolute atomic E-state index is 0.0726. The molecular weight excluding hydrogens is 336 g/mol. The van der Waals surface area contributed by atoms with Crippen LogP contribution in [0, 0.1) is 18.3 Å². The van der Waals surface area contributed by atoms with Crippen LogP contribution in [0.1, 0.15) is 17.0 Å². The van der Waals surface area contributed by atoms with E-state index in [1.165, 1.54) is 0 Å². The number of hydrazone groups is 1. The Labute approximate surface area is 149 Å². The number of fused-ring (bicyclic) bond motifs is 3. The summed E-state index contributed by atoms with van der Waals surface area (Å²) in [5.74, 6) is 1.26. The maximum absolute atomic E-state index is 9.22. The Hall–Kier alpha value is -3.17. The van der Waals surface area contributed by atoms with Crippen molar-refractivity contribution in [1.82, 2.24) is 14.8 Å². The summed E-state index contributed by atoms with van der Waals surface area (Å²) in [5, 5.41) is 24.5. The van der Waals surface area contributed by atoms with Crippen LogP contribution in [-0.2, 0) is 0 Å². The number of aryl methyl sites for hydroxylation is 1. The zero-order chi connectivity index (χ0) is 17.4. The van der Waals surface area contributed by atoms with Gasteiger partial charge in [-0.2, -0.15) is 10.4 Å². The smallest absolute Gasteiger partial charge is 0.253 e. The van der Waals surface area contributed by atoms with E-state index in [0.717, 1.165) is 28.4 Å². The highest BCUT2D eigenvalue weighted by atomic mass is 35.5. The summed E-state index contributed by atoms with van der Waals surface area (Å²) in [6.07, 6.45) is 0. The third kappa shape index (κ3) is 2.55. The van der Waals surface area contributed by atoms with E-state index in [9.17, 15) is 5.26 Å². The lowest BCUT2D eigenvalue weighted by atomic mass is 10.0. The largest absolute Gasteiger partial charge is 0.263 e. The monoisotopic (exact) mass is 348 g/mol. The average molecular weight is 349 g/mol. The molecule has 0 aliphatic carbocycles. The normalized spacial score (nSPS) is 12.7. The van der Waals surface area contributed by atoms with Crippen molar-refractivity contribution in [2.24, 2.45) is 5.10 Å². The van der Waals surface area contributed by atoms with Gasteiger partial charge in [-0.25, -0.2) is 5.01 Å². The molecule has 0 atom stereocenters. The van der Waals surface area contributed by atoms with Crippen LogP contribution in [0.4, 0.5) is 5.95 Å². The molecule has 7 heteroatoms. The molecule has 0 saturated carbocycles. The molecule has 25 heavy (non-hydrogen) atoms. The van der Waals surface area contributed by atoms with Crippen molar-refractivity contribution < 1.29 is 0 Å². The number of nitriles is 1. The van der Waals surface area contributed by atoms with Crippen molar-refractivity contribution in [2.75, 3.05) is 11.6 Å². The van der Waals surface area contributed by atoms with Crippen molar-refractivity contribution in [2.45, 2.75) is 6.92 Å². The minimum atomic E-state index is 0.0726. The SMILES string of the molecule is Cc1nnc2n1-c1ccccc1C(c1ccc(Cl)cc1)=NN2CC#N. The van der Waals surface area contributed by atoms with Crippen LogP contribution in [0.15, 0.2) is 53.6 Å². The molecule has 2 heterocycles. The van der Waals surface area contributed by atoms with Gasteiger partial charge in [0.1, 0.15) is 18.1 Å². The van der Waals surface area contributed by atoms with Gasteiger partial charge in [-0.1, -0.05) is 41.9 Å². The fourth-order valence-electron chi connectivity index (χ4n) is 2.88. The minimum Gasteiger partial charge on any atom is -0.263 e. The van der Waals surface area contributed by atoms with Gasteiger partial charge in [-0.15, -0.1) is 10.2 Å². The number of para-hydroxylation sites is 1. The first-order chi connectivity index (χ1) is 12.2. The van der Waals surface area contributed by atoms with Gasteiger partial charge in [-0.3, -0.25) is 4.57 Å². The predicted molar refractivity (Wildman–Crippen MR) is 96.1 cm³/mol. The van der Waals surface area contributed by atoms with Gasteiger partial charge in [-0.05, 0) is 25.1 Å². The summed E-state index contributed by atoms with van der Waals surface area (Å²) in [7, 11) is 0. The highest BCUT2D eigenvalue weighted by Crippen LogP contribution is 2.29. The Morgan fingerprint density at radius 2 is 1.84 bits per heavy atom. The van der Waals surface area contributed by atoms with Crippen molar-refractivity contribution in [1.29, 1.82) is 5.26 Å². The van der Waals surface area contributed by atoms with E-state index >= 15 is 0 Å². The average Bonchev–Trinajstić information content (AvgIpc) is 2.94. The summed E-state index contributed by atoms with van der Waals surface area (Å²) >= 11 is 6.02. The predicted octanol–water partition coefficient (Wildman–Crippen LogP) is 3.33. The maximum Gasteiger partial charge on any atom is 0.253 e. The van der Waals surface area contributed by atoms with Crippen LogP contribution in [0.25, 0.3) is 5.69 Å². The van der Waals surface area contributed by atoms with Gasteiger partial charge in [0.05, 0.1) is 11.8 Å². The molecule has 2 aromatic carbocycles. The van der Waals surface area contributed by atoms with Crippen molar-refractivity contribution in [3.8, 4) is 11.8 Å². The Morgan fingerprint density at radius 3 is 2.60 bits per heavy atom. The lowest BCUT2D eigenvalue weighted by Crippen LogP contribution is -2.21. The number of hydrogen-bond donors (Lipinski definition) is 0. The van der Waals surface area contributed by atoms with E-state index in [4.69, 9.17) is 16.7 Å². The zero-order valence-electron chi connectivity index (χ0n) is 13.4. The number of rotatable bonds is 2. The molecule has 0 saturated heterocycles. The topological polar surface area (TPSA) is 70.1 Å². The highest BCUT2D eigenvalue weighted by molar-refractivity contribution is 6.30. The lowest BCUT2D eigenvalue weighted by Gasteiger charge is -2.13. The van der Waals surface area contributed by atoms with Gasteiger partial charge in [0.25, 0.3) is 5.95 Å². The van der Waals surface area contributed by atoms with Gasteiger partial charge in [0.2, 0.25) is 0 Å². The molecule has 0 fully saturated rings. The lowest BCUT2D eigenvalue weighted by molar-refractivity contribution is 0.860. The van der Waals surface area contributed by atoms with E-state index in [1.54, 1.807) is 5.01 Å². The van der Waals surface area contributed by atoms with Crippen molar-refractivity contribution >= 4 is 23.3 Å². The number of aromatic nitrogens is 3. The van der Waals surface area contributed by atoms with E-state index in [1.807, 2.05) is 60.0 Å². The van der Waals surface area contributed by atoms with Crippen LogP contribution in [0.5, 0.6) is 0 Å². The van der Waals surface area contributed by atoms with E-state index in [-0.39, 0.29) is 6.54 Å². The first-order valence-electron chi connectivity index (χ1n) is 7.70. The third-order valence-electron chi connectivity index (χ3n) is 4.00. The Bertz CT molecular complexity index is 1010. The Kier molecular flexibility index (Phi) is 3.71. The number of hydrogen-bond acceptors (Lipinski definition) is 5. The van der Waals surface area contributed by atoms with Gasteiger partial charge in [0, 0.05) is 16.1 Å².